The normalized spacial score (nSPS) is 14.7. The number of nitrogens with zero attached hydrogens (tertiary/aromatic N) is 1. The molecule has 1 aliphatic rings. The smallest absolute Gasteiger partial charge is 0.323 e. The molecular weight excluding hydrogens is 266 g/mol. The summed E-state index contributed by atoms with van der Waals surface area (Å²) < 4.78 is 1.21. The van der Waals surface area contributed by atoms with E-state index in [4.69, 9.17) is 5.11 Å². The van der Waals surface area contributed by atoms with E-state index < -0.39 is 5.97 Å². The fraction of sp³-hybridized carbons (Fsp3) is 0.294. The van der Waals surface area contributed by atoms with Crippen molar-refractivity contribution in [3.8, 4) is 11.1 Å². The van der Waals surface area contributed by atoms with Gasteiger partial charge in [-0.3, -0.25) is 9.59 Å². The molecule has 1 aromatic carbocycles. The Morgan fingerprint density at radius 2 is 2.00 bits per heavy atom. The predicted octanol–water partition coefficient (Wildman–Crippen LogP) is 2.87. The van der Waals surface area contributed by atoms with Gasteiger partial charge in [-0.1, -0.05) is 30.7 Å². The number of aromatic nitrogens is 1. The Labute approximate surface area is 122 Å². The number of carboxylic acids is 1. The second-order valence-corrected chi connectivity index (χ2v) is 5.49. The molecule has 4 nitrogen and oxygen atoms in total. The Hall–Kier alpha value is -2.36. The van der Waals surface area contributed by atoms with Crippen molar-refractivity contribution < 1.29 is 9.90 Å². The first-order valence-electron chi connectivity index (χ1n) is 7.17. The quantitative estimate of drug-likeness (QED) is 0.938. The lowest BCUT2D eigenvalue weighted by Gasteiger charge is -2.28. The van der Waals surface area contributed by atoms with Crippen molar-refractivity contribution in [1.82, 2.24) is 4.57 Å². The number of hydrogen-bond donors (Lipinski definition) is 1. The molecule has 1 saturated carbocycles. The Morgan fingerprint density at radius 3 is 2.62 bits per heavy atom. The topological polar surface area (TPSA) is 59.3 Å². The highest BCUT2D eigenvalue weighted by molar-refractivity contribution is 5.69. The zero-order valence-electron chi connectivity index (χ0n) is 11.7. The largest absolute Gasteiger partial charge is 0.480 e. The minimum Gasteiger partial charge on any atom is -0.480 e. The third kappa shape index (κ3) is 2.75. The summed E-state index contributed by atoms with van der Waals surface area (Å²) in [7, 11) is 0. The summed E-state index contributed by atoms with van der Waals surface area (Å²) in [5.74, 6) is -0.428. The van der Waals surface area contributed by atoms with Crippen LogP contribution in [0.15, 0.2) is 47.4 Å². The first-order chi connectivity index (χ1) is 10.1. The zero-order chi connectivity index (χ0) is 14.8. The molecule has 0 unspecified atom stereocenters. The first-order valence-corrected chi connectivity index (χ1v) is 7.17. The monoisotopic (exact) mass is 283 g/mol. The van der Waals surface area contributed by atoms with E-state index in [1.54, 1.807) is 6.20 Å². The van der Waals surface area contributed by atoms with Crippen LogP contribution in [0.5, 0.6) is 0 Å². The molecule has 2 aromatic rings. The van der Waals surface area contributed by atoms with Gasteiger partial charge in [0.05, 0.1) is 0 Å². The lowest BCUT2D eigenvalue weighted by Crippen LogP contribution is -2.22. The molecule has 0 aliphatic heterocycles. The summed E-state index contributed by atoms with van der Waals surface area (Å²) in [5.41, 5.74) is 2.96. The molecule has 21 heavy (non-hydrogen) atoms. The van der Waals surface area contributed by atoms with E-state index in [0.29, 0.717) is 5.92 Å². The van der Waals surface area contributed by atoms with Gasteiger partial charge < -0.3 is 9.67 Å². The van der Waals surface area contributed by atoms with Crippen LogP contribution >= 0.6 is 0 Å². The second kappa shape index (κ2) is 5.56. The van der Waals surface area contributed by atoms with E-state index in [-0.39, 0.29) is 12.1 Å². The maximum Gasteiger partial charge on any atom is 0.323 e. The lowest BCUT2D eigenvalue weighted by atomic mass is 9.77. The standard InChI is InChI=1S/C17H17NO3/c19-16-10-13(8-9-18(16)11-17(20)21)15-7-2-1-6-14(15)12-4-3-5-12/h1-2,6-10,12H,3-5,11H2,(H,20,21). The third-order valence-corrected chi connectivity index (χ3v) is 4.12. The van der Waals surface area contributed by atoms with E-state index in [0.717, 1.165) is 11.1 Å². The van der Waals surface area contributed by atoms with Crippen LogP contribution in [0, 0.1) is 0 Å². The number of aliphatic carboxylic acids is 1. The van der Waals surface area contributed by atoms with Crippen LogP contribution in [-0.4, -0.2) is 15.6 Å². The number of pyridine rings is 1. The summed E-state index contributed by atoms with van der Waals surface area (Å²) in [6, 6.07) is 11.5. The molecule has 1 aliphatic carbocycles. The molecule has 4 heteroatoms. The molecule has 108 valence electrons. The van der Waals surface area contributed by atoms with Gasteiger partial charge in [-0.2, -0.15) is 0 Å². The van der Waals surface area contributed by atoms with Crippen LogP contribution in [0.1, 0.15) is 30.7 Å². The Kier molecular flexibility index (Phi) is 3.60. The number of carboxylic acid groups (broad SMARTS) is 1. The van der Waals surface area contributed by atoms with E-state index in [1.165, 1.54) is 35.5 Å². The summed E-state index contributed by atoms with van der Waals surface area (Å²) >= 11 is 0. The van der Waals surface area contributed by atoms with E-state index in [2.05, 4.69) is 6.07 Å². The molecule has 1 heterocycles. The zero-order valence-corrected chi connectivity index (χ0v) is 11.7. The van der Waals surface area contributed by atoms with Crippen LogP contribution in [0.25, 0.3) is 11.1 Å². The number of rotatable bonds is 4. The van der Waals surface area contributed by atoms with Gasteiger partial charge in [0.15, 0.2) is 0 Å². The number of carbonyl (C=O) groups is 1. The third-order valence-electron chi connectivity index (χ3n) is 4.12. The average molecular weight is 283 g/mol. The molecule has 0 spiro atoms. The van der Waals surface area contributed by atoms with Gasteiger partial charge in [0.25, 0.3) is 5.56 Å². The number of hydrogen-bond acceptors (Lipinski definition) is 2. The van der Waals surface area contributed by atoms with E-state index in [1.807, 2.05) is 24.3 Å². The van der Waals surface area contributed by atoms with Gasteiger partial charge in [0, 0.05) is 12.3 Å². The van der Waals surface area contributed by atoms with Crippen LogP contribution < -0.4 is 5.56 Å². The van der Waals surface area contributed by atoms with Crippen molar-refractivity contribution in [2.75, 3.05) is 0 Å². The Morgan fingerprint density at radius 1 is 1.24 bits per heavy atom. The highest BCUT2D eigenvalue weighted by Gasteiger charge is 2.22. The maximum absolute atomic E-state index is 12.0. The SMILES string of the molecule is O=C(O)Cn1ccc(-c2ccccc2C2CCC2)cc1=O. The molecule has 0 atom stereocenters. The van der Waals surface area contributed by atoms with Crippen LogP contribution in [-0.2, 0) is 11.3 Å². The molecule has 1 aromatic heterocycles. The Balaban J connectivity index is 1.99. The minimum atomic E-state index is -1.01. The first kappa shape index (κ1) is 13.6. The van der Waals surface area contributed by atoms with Gasteiger partial charge in [-0.05, 0) is 41.5 Å². The van der Waals surface area contributed by atoms with Crippen molar-refractivity contribution in [1.29, 1.82) is 0 Å². The highest BCUT2D eigenvalue weighted by atomic mass is 16.4. The average Bonchev–Trinajstić information content (AvgIpc) is 2.39. The molecule has 1 fully saturated rings. The van der Waals surface area contributed by atoms with Gasteiger partial charge in [-0.25, -0.2) is 0 Å². The lowest BCUT2D eigenvalue weighted by molar-refractivity contribution is -0.137. The van der Waals surface area contributed by atoms with E-state index >= 15 is 0 Å². The Bertz CT molecular complexity index is 729. The minimum absolute atomic E-state index is 0.279. The van der Waals surface area contributed by atoms with Crippen molar-refractivity contribution in [3.63, 3.8) is 0 Å². The molecule has 0 bridgehead atoms. The molecule has 0 radical (unpaired) electrons. The number of benzene rings is 1. The maximum atomic E-state index is 12.0. The van der Waals surface area contributed by atoms with Crippen molar-refractivity contribution in [2.24, 2.45) is 0 Å². The van der Waals surface area contributed by atoms with Gasteiger partial charge in [0.1, 0.15) is 6.54 Å². The van der Waals surface area contributed by atoms with Crippen LogP contribution in [0.3, 0.4) is 0 Å². The molecule has 0 saturated heterocycles. The van der Waals surface area contributed by atoms with Crippen LogP contribution in [0.4, 0.5) is 0 Å². The fourth-order valence-electron chi connectivity index (χ4n) is 2.79. The summed E-state index contributed by atoms with van der Waals surface area (Å²) in [6.07, 6.45) is 5.22. The summed E-state index contributed by atoms with van der Waals surface area (Å²) in [5, 5.41) is 8.77. The molecule has 0 amide bonds. The predicted molar refractivity (Wildman–Crippen MR) is 80.4 cm³/mol. The van der Waals surface area contributed by atoms with Crippen molar-refractivity contribution >= 4 is 5.97 Å². The van der Waals surface area contributed by atoms with Gasteiger partial charge in [0.2, 0.25) is 0 Å². The second-order valence-electron chi connectivity index (χ2n) is 5.49. The van der Waals surface area contributed by atoms with Crippen molar-refractivity contribution in [3.05, 3.63) is 58.5 Å². The summed E-state index contributed by atoms with van der Waals surface area (Å²) in [6.45, 7) is -0.302. The van der Waals surface area contributed by atoms with E-state index in [9.17, 15) is 9.59 Å². The molecule has 1 N–H and O–H groups in total. The molecular formula is C17H17NO3. The van der Waals surface area contributed by atoms with Gasteiger partial charge >= 0.3 is 5.97 Å². The summed E-state index contributed by atoms with van der Waals surface area (Å²) in [4.78, 5) is 22.7. The van der Waals surface area contributed by atoms with Crippen molar-refractivity contribution in [2.45, 2.75) is 31.7 Å². The molecule has 3 rings (SSSR count). The highest BCUT2D eigenvalue weighted by Crippen LogP contribution is 2.40. The fourth-order valence-corrected chi connectivity index (χ4v) is 2.79. The van der Waals surface area contributed by atoms with Crippen LogP contribution in [0.2, 0.25) is 0 Å². The van der Waals surface area contributed by atoms with Gasteiger partial charge in [-0.15, -0.1) is 0 Å².